The summed E-state index contributed by atoms with van der Waals surface area (Å²) >= 11 is 0. The number of hydrogen-bond acceptors (Lipinski definition) is 2. The first-order chi connectivity index (χ1) is 9.13. The van der Waals surface area contributed by atoms with Crippen LogP contribution in [0.1, 0.15) is 36.7 Å². The molecule has 0 amide bonds. The lowest BCUT2D eigenvalue weighted by molar-refractivity contribution is 0.493. The molecule has 0 bridgehead atoms. The van der Waals surface area contributed by atoms with E-state index in [9.17, 15) is 0 Å². The van der Waals surface area contributed by atoms with E-state index in [-0.39, 0.29) is 24.0 Å². The Morgan fingerprint density at radius 1 is 1.30 bits per heavy atom. The maximum atomic E-state index is 4.78. The fraction of sp³-hybridized carbons (Fsp3) is 0.714. The fourth-order valence-electron chi connectivity index (χ4n) is 2.55. The van der Waals surface area contributed by atoms with E-state index in [4.69, 9.17) is 4.99 Å². The number of aromatic nitrogens is 2. The first kappa shape index (κ1) is 17.3. The fourth-order valence-corrected chi connectivity index (χ4v) is 2.55. The number of halogens is 1. The molecule has 0 saturated carbocycles. The van der Waals surface area contributed by atoms with Gasteiger partial charge in [-0.1, -0.05) is 0 Å². The number of nitrogens with zero attached hydrogens (tertiary/aromatic N) is 4. The molecule has 0 aromatic carbocycles. The summed E-state index contributed by atoms with van der Waals surface area (Å²) in [5.74, 6) is 1.04. The molecule has 0 atom stereocenters. The van der Waals surface area contributed by atoms with E-state index in [2.05, 4.69) is 36.1 Å². The molecule has 0 spiro atoms. The lowest BCUT2D eigenvalue weighted by Gasteiger charge is -2.20. The minimum absolute atomic E-state index is 0. The molecule has 1 aromatic rings. The summed E-state index contributed by atoms with van der Waals surface area (Å²) in [6, 6.07) is 0. The van der Waals surface area contributed by atoms with Crippen LogP contribution >= 0.6 is 24.0 Å². The number of likely N-dealkylation sites (tertiary alicyclic amines) is 1. The first-order valence-electron chi connectivity index (χ1n) is 7.15. The molecule has 2 rings (SSSR count). The summed E-state index contributed by atoms with van der Waals surface area (Å²) in [7, 11) is 1.99. The van der Waals surface area contributed by atoms with Crippen molar-refractivity contribution in [1.82, 2.24) is 20.0 Å². The molecule has 0 aliphatic carbocycles. The van der Waals surface area contributed by atoms with Crippen LogP contribution in [0.15, 0.2) is 4.99 Å². The van der Waals surface area contributed by atoms with Crippen molar-refractivity contribution >= 4 is 29.9 Å². The Labute approximate surface area is 138 Å². The molecule has 1 fully saturated rings. The third kappa shape index (κ3) is 3.86. The van der Waals surface area contributed by atoms with Gasteiger partial charge in [0.25, 0.3) is 0 Å². The molecule has 1 aromatic heterocycles. The number of rotatable bonds is 3. The molecule has 1 N–H and O–H groups in total. The van der Waals surface area contributed by atoms with Crippen molar-refractivity contribution in [2.45, 2.75) is 40.2 Å². The van der Waals surface area contributed by atoms with Crippen molar-refractivity contribution in [2.75, 3.05) is 19.6 Å². The van der Waals surface area contributed by atoms with E-state index in [1.165, 1.54) is 24.1 Å². The van der Waals surface area contributed by atoms with E-state index < -0.39 is 0 Å². The van der Waals surface area contributed by atoms with Gasteiger partial charge in [-0.05, 0) is 33.6 Å². The molecule has 0 radical (unpaired) electrons. The summed E-state index contributed by atoms with van der Waals surface area (Å²) in [5, 5.41) is 7.83. The Hall–Kier alpha value is -0.790. The average molecular weight is 391 g/mol. The van der Waals surface area contributed by atoms with Crippen molar-refractivity contribution in [1.29, 1.82) is 0 Å². The predicted octanol–water partition coefficient (Wildman–Crippen LogP) is 2.22. The number of guanidine groups is 1. The van der Waals surface area contributed by atoms with E-state index in [1.807, 2.05) is 11.7 Å². The van der Waals surface area contributed by atoms with Crippen molar-refractivity contribution < 1.29 is 0 Å². The van der Waals surface area contributed by atoms with Crippen molar-refractivity contribution in [3.63, 3.8) is 0 Å². The summed E-state index contributed by atoms with van der Waals surface area (Å²) < 4.78 is 1.93. The molecule has 0 unspecified atom stereocenters. The SMILES string of the molecule is CCNC(=NCc1c(C)nn(C)c1C)N1CCCC1.I. The van der Waals surface area contributed by atoms with Crippen LogP contribution < -0.4 is 5.32 Å². The quantitative estimate of drug-likeness (QED) is 0.488. The Bertz CT molecular complexity index is 460. The number of hydrogen-bond donors (Lipinski definition) is 1. The molecule has 20 heavy (non-hydrogen) atoms. The van der Waals surface area contributed by atoms with Gasteiger partial charge in [0, 0.05) is 37.9 Å². The second-order valence-corrected chi connectivity index (χ2v) is 5.14. The zero-order chi connectivity index (χ0) is 13.8. The van der Waals surface area contributed by atoms with Crippen LogP contribution in [0.5, 0.6) is 0 Å². The zero-order valence-electron chi connectivity index (χ0n) is 12.9. The van der Waals surface area contributed by atoms with E-state index in [0.717, 1.165) is 31.3 Å². The van der Waals surface area contributed by atoms with Crippen LogP contribution in [0.25, 0.3) is 0 Å². The van der Waals surface area contributed by atoms with Crippen LogP contribution in [-0.4, -0.2) is 40.3 Å². The third-order valence-corrected chi connectivity index (χ3v) is 3.79. The highest BCUT2D eigenvalue weighted by atomic mass is 127. The highest BCUT2D eigenvalue weighted by Crippen LogP contribution is 2.14. The minimum Gasteiger partial charge on any atom is -0.357 e. The van der Waals surface area contributed by atoms with E-state index >= 15 is 0 Å². The van der Waals surface area contributed by atoms with Crippen LogP contribution in [0.2, 0.25) is 0 Å². The monoisotopic (exact) mass is 391 g/mol. The van der Waals surface area contributed by atoms with E-state index in [1.54, 1.807) is 0 Å². The second kappa shape index (κ2) is 7.85. The highest BCUT2D eigenvalue weighted by molar-refractivity contribution is 14.0. The van der Waals surface area contributed by atoms with Crippen LogP contribution in [0.4, 0.5) is 0 Å². The molecular formula is C14H26IN5. The standard InChI is InChI=1S/C14H25N5.HI/c1-5-15-14(19-8-6-7-9-19)16-10-13-11(2)17-18(4)12(13)3;/h5-10H2,1-4H3,(H,15,16);1H. The van der Waals surface area contributed by atoms with Gasteiger partial charge in [-0.3, -0.25) is 4.68 Å². The maximum Gasteiger partial charge on any atom is 0.194 e. The molecule has 1 aliphatic heterocycles. The molecule has 2 heterocycles. The summed E-state index contributed by atoms with van der Waals surface area (Å²) in [6.07, 6.45) is 2.55. The molecule has 114 valence electrons. The predicted molar refractivity (Wildman–Crippen MR) is 93.7 cm³/mol. The second-order valence-electron chi connectivity index (χ2n) is 5.14. The molecule has 6 heteroatoms. The Kier molecular flexibility index (Phi) is 6.78. The highest BCUT2D eigenvalue weighted by Gasteiger charge is 2.16. The zero-order valence-corrected chi connectivity index (χ0v) is 15.3. The number of aryl methyl sites for hydroxylation is 2. The number of aliphatic imine (C=N–C) groups is 1. The average Bonchev–Trinajstić information content (AvgIpc) is 2.97. The van der Waals surface area contributed by atoms with Gasteiger partial charge >= 0.3 is 0 Å². The molecule has 1 aliphatic rings. The molecular weight excluding hydrogens is 365 g/mol. The van der Waals surface area contributed by atoms with Gasteiger partial charge in [-0.15, -0.1) is 24.0 Å². The third-order valence-electron chi connectivity index (χ3n) is 3.79. The van der Waals surface area contributed by atoms with Gasteiger partial charge in [-0.25, -0.2) is 4.99 Å². The van der Waals surface area contributed by atoms with Gasteiger partial charge in [0.2, 0.25) is 0 Å². The largest absolute Gasteiger partial charge is 0.357 e. The lowest BCUT2D eigenvalue weighted by Crippen LogP contribution is -2.39. The smallest absolute Gasteiger partial charge is 0.194 e. The summed E-state index contributed by atoms with van der Waals surface area (Å²) in [5.41, 5.74) is 3.54. The van der Waals surface area contributed by atoms with Crippen molar-refractivity contribution in [3.8, 4) is 0 Å². The first-order valence-corrected chi connectivity index (χ1v) is 7.15. The van der Waals surface area contributed by atoms with Crippen LogP contribution in [0, 0.1) is 13.8 Å². The molecule has 1 saturated heterocycles. The maximum absolute atomic E-state index is 4.78. The normalized spacial score (nSPS) is 15.4. The van der Waals surface area contributed by atoms with Gasteiger partial charge in [-0.2, -0.15) is 5.10 Å². The van der Waals surface area contributed by atoms with E-state index in [0.29, 0.717) is 6.54 Å². The minimum atomic E-state index is 0. The number of nitrogens with one attached hydrogen (secondary N) is 1. The van der Waals surface area contributed by atoms with Gasteiger partial charge in [0.1, 0.15) is 0 Å². The van der Waals surface area contributed by atoms with Crippen LogP contribution in [0.3, 0.4) is 0 Å². The topological polar surface area (TPSA) is 45.5 Å². The van der Waals surface area contributed by atoms with Crippen molar-refractivity contribution in [3.05, 3.63) is 17.0 Å². The Morgan fingerprint density at radius 3 is 2.45 bits per heavy atom. The summed E-state index contributed by atoms with van der Waals surface area (Å²) in [6.45, 7) is 10.2. The van der Waals surface area contributed by atoms with Crippen LogP contribution in [-0.2, 0) is 13.6 Å². The Morgan fingerprint density at radius 2 is 1.95 bits per heavy atom. The van der Waals surface area contributed by atoms with Gasteiger partial charge in [0.15, 0.2) is 5.96 Å². The van der Waals surface area contributed by atoms with Gasteiger partial charge < -0.3 is 10.2 Å². The van der Waals surface area contributed by atoms with Crippen molar-refractivity contribution in [2.24, 2.45) is 12.0 Å². The molecule has 5 nitrogen and oxygen atoms in total. The van der Waals surface area contributed by atoms with Gasteiger partial charge in [0.05, 0.1) is 12.2 Å². The lowest BCUT2D eigenvalue weighted by atomic mass is 10.2. The summed E-state index contributed by atoms with van der Waals surface area (Å²) in [4.78, 5) is 7.13. The Balaban J connectivity index is 0.00000200.